The van der Waals surface area contributed by atoms with E-state index in [-0.39, 0.29) is 12.0 Å². The van der Waals surface area contributed by atoms with Crippen molar-refractivity contribution < 1.29 is 9.90 Å². The molecule has 2 aromatic rings. The zero-order valence-corrected chi connectivity index (χ0v) is 14.7. The van der Waals surface area contributed by atoms with Crippen LogP contribution in [0.3, 0.4) is 0 Å². The molecule has 1 saturated heterocycles. The molecule has 0 saturated carbocycles. The number of carboxylic acids is 1. The predicted octanol–water partition coefficient (Wildman–Crippen LogP) is 4.94. The first kappa shape index (κ1) is 16.8. The number of carboxylic acid groups (broad SMARTS) is 1. The van der Waals surface area contributed by atoms with Gasteiger partial charge in [0.15, 0.2) is 0 Å². The highest BCUT2D eigenvalue weighted by Gasteiger charge is 2.30. The van der Waals surface area contributed by atoms with E-state index in [1.807, 2.05) is 24.3 Å². The monoisotopic (exact) mass is 369 g/mol. The molecule has 1 aromatic carbocycles. The Morgan fingerprint density at radius 3 is 2.52 bits per heavy atom. The third-order valence-electron chi connectivity index (χ3n) is 4.32. The van der Waals surface area contributed by atoms with Gasteiger partial charge in [0, 0.05) is 4.88 Å². The number of hydrogen-bond donors (Lipinski definition) is 1. The van der Waals surface area contributed by atoms with Crippen LogP contribution in [0.4, 0.5) is 0 Å². The summed E-state index contributed by atoms with van der Waals surface area (Å²) in [6.45, 7) is 1.53. The first-order valence-electron chi connectivity index (χ1n) is 7.51. The van der Waals surface area contributed by atoms with E-state index in [0.29, 0.717) is 22.9 Å². The molecule has 3 nitrogen and oxygen atoms in total. The summed E-state index contributed by atoms with van der Waals surface area (Å²) in [6.07, 6.45) is 1.36. The molecule has 1 N–H and O–H groups in total. The molecule has 0 amide bonds. The molecule has 1 fully saturated rings. The van der Waals surface area contributed by atoms with Crippen LogP contribution < -0.4 is 0 Å². The van der Waals surface area contributed by atoms with Gasteiger partial charge < -0.3 is 5.11 Å². The molecule has 6 heteroatoms. The van der Waals surface area contributed by atoms with Gasteiger partial charge >= 0.3 is 5.97 Å². The van der Waals surface area contributed by atoms with E-state index in [2.05, 4.69) is 16.3 Å². The molecule has 2 heterocycles. The topological polar surface area (TPSA) is 40.5 Å². The van der Waals surface area contributed by atoms with Gasteiger partial charge in [-0.3, -0.25) is 9.69 Å². The minimum atomic E-state index is -0.688. The number of carbonyl (C=O) groups is 1. The van der Waals surface area contributed by atoms with Gasteiger partial charge in [0.05, 0.1) is 22.0 Å². The second-order valence-corrected chi connectivity index (χ2v) is 7.53. The van der Waals surface area contributed by atoms with Crippen LogP contribution in [-0.4, -0.2) is 29.1 Å². The summed E-state index contributed by atoms with van der Waals surface area (Å²) in [5.74, 6) is -0.920. The van der Waals surface area contributed by atoms with Crippen LogP contribution in [0.25, 0.3) is 0 Å². The van der Waals surface area contributed by atoms with Gasteiger partial charge in [-0.25, -0.2) is 0 Å². The third kappa shape index (κ3) is 3.72. The molecule has 1 unspecified atom stereocenters. The lowest BCUT2D eigenvalue weighted by Gasteiger charge is -2.36. The second kappa shape index (κ2) is 7.22. The highest BCUT2D eigenvalue weighted by atomic mass is 35.5. The minimum Gasteiger partial charge on any atom is -0.481 e. The maximum absolute atomic E-state index is 11.2. The van der Waals surface area contributed by atoms with Crippen molar-refractivity contribution in [1.29, 1.82) is 0 Å². The molecule has 3 rings (SSSR count). The zero-order valence-electron chi connectivity index (χ0n) is 12.4. The first-order valence-corrected chi connectivity index (χ1v) is 9.15. The molecule has 0 bridgehead atoms. The van der Waals surface area contributed by atoms with Crippen molar-refractivity contribution in [2.45, 2.75) is 18.9 Å². The summed E-state index contributed by atoms with van der Waals surface area (Å²) in [5.41, 5.74) is 1.09. The standard InChI is InChI=1S/C17H17Cl2NO2S/c18-13-4-3-12(10-14(13)19)16(15-2-1-9-23-15)20-7-5-11(6-8-20)17(21)22/h1-4,9-11,16H,5-8H2,(H,21,22). The van der Waals surface area contributed by atoms with Crippen molar-refractivity contribution in [3.63, 3.8) is 0 Å². The summed E-state index contributed by atoms with van der Waals surface area (Å²) in [5, 5.41) is 12.3. The maximum Gasteiger partial charge on any atom is 0.306 e. The van der Waals surface area contributed by atoms with E-state index in [0.717, 1.165) is 18.7 Å². The van der Waals surface area contributed by atoms with E-state index in [9.17, 15) is 9.90 Å². The van der Waals surface area contributed by atoms with Gasteiger partial charge in [0.2, 0.25) is 0 Å². The summed E-state index contributed by atoms with van der Waals surface area (Å²) in [6, 6.07) is 9.98. The van der Waals surface area contributed by atoms with Crippen molar-refractivity contribution in [1.82, 2.24) is 4.90 Å². The second-order valence-electron chi connectivity index (χ2n) is 5.74. The maximum atomic E-state index is 11.2. The molecule has 23 heavy (non-hydrogen) atoms. The molecule has 0 aliphatic carbocycles. The Balaban J connectivity index is 1.88. The van der Waals surface area contributed by atoms with Gasteiger partial charge in [-0.1, -0.05) is 35.3 Å². The van der Waals surface area contributed by atoms with Gasteiger partial charge in [0.25, 0.3) is 0 Å². The summed E-state index contributed by atoms with van der Waals surface area (Å²) >= 11 is 13.9. The number of benzene rings is 1. The Hall–Kier alpha value is -1.07. The molecular weight excluding hydrogens is 353 g/mol. The number of halogens is 2. The average Bonchev–Trinajstić information content (AvgIpc) is 3.05. The van der Waals surface area contributed by atoms with Gasteiger partial charge in [-0.2, -0.15) is 0 Å². The molecule has 1 aliphatic rings. The number of hydrogen-bond acceptors (Lipinski definition) is 3. The number of likely N-dealkylation sites (tertiary alicyclic amines) is 1. The molecule has 122 valence electrons. The fraction of sp³-hybridized carbons (Fsp3) is 0.353. The molecule has 0 radical (unpaired) electrons. The minimum absolute atomic E-state index is 0.0968. The normalized spacial score (nSPS) is 18.0. The summed E-state index contributed by atoms with van der Waals surface area (Å²) in [4.78, 5) is 14.7. The van der Waals surface area contributed by atoms with E-state index in [1.54, 1.807) is 11.3 Å². The number of piperidine rings is 1. The largest absolute Gasteiger partial charge is 0.481 e. The van der Waals surface area contributed by atoms with Crippen LogP contribution in [0.2, 0.25) is 10.0 Å². The predicted molar refractivity (Wildman–Crippen MR) is 94.6 cm³/mol. The van der Waals surface area contributed by atoms with Crippen LogP contribution in [0.1, 0.15) is 29.3 Å². The highest BCUT2D eigenvalue weighted by molar-refractivity contribution is 7.10. The van der Waals surface area contributed by atoms with Crippen molar-refractivity contribution in [2.75, 3.05) is 13.1 Å². The smallest absolute Gasteiger partial charge is 0.306 e. The van der Waals surface area contributed by atoms with Crippen LogP contribution in [0.5, 0.6) is 0 Å². The summed E-state index contributed by atoms with van der Waals surface area (Å²) < 4.78 is 0. The Bertz CT molecular complexity index is 682. The van der Waals surface area contributed by atoms with E-state index >= 15 is 0 Å². The van der Waals surface area contributed by atoms with Gasteiger partial charge in [0.1, 0.15) is 0 Å². The quantitative estimate of drug-likeness (QED) is 0.829. The number of thiophene rings is 1. The lowest BCUT2D eigenvalue weighted by molar-refractivity contribution is -0.143. The fourth-order valence-electron chi connectivity index (χ4n) is 3.09. The fourth-order valence-corrected chi connectivity index (χ4v) is 4.28. The SMILES string of the molecule is O=C(O)C1CCN(C(c2ccc(Cl)c(Cl)c2)c2cccs2)CC1. The lowest BCUT2D eigenvalue weighted by atomic mass is 9.94. The van der Waals surface area contributed by atoms with Crippen molar-refractivity contribution in [2.24, 2.45) is 5.92 Å². The highest BCUT2D eigenvalue weighted by Crippen LogP contribution is 2.37. The van der Waals surface area contributed by atoms with E-state index < -0.39 is 5.97 Å². The number of rotatable bonds is 4. The summed E-state index contributed by atoms with van der Waals surface area (Å²) in [7, 11) is 0. The third-order valence-corrected chi connectivity index (χ3v) is 5.98. The Kier molecular flexibility index (Phi) is 5.27. The Labute approximate surface area is 149 Å². The first-order chi connectivity index (χ1) is 11.1. The van der Waals surface area contributed by atoms with Crippen molar-refractivity contribution >= 4 is 40.5 Å². The molecule has 0 spiro atoms. The Morgan fingerprint density at radius 1 is 1.22 bits per heavy atom. The van der Waals surface area contributed by atoms with Gasteiger partial charge in [-0.15, -0.1) is 11.3 Å². The van der Waals surface area contributed by atoms with Crippen LogP contribution >= 0.6 is 34.5 Å². The average molecular weight is 370 g/mol. The Morgan fingerprint density at radius 2 is 1.96 bits per heavy atom. The van der Waals surface area contributed by atoms with E-state index in [1.165, 1.54) is 4.88 Å². The van der Waals surface area contributed by atoms with Crippen molar-refractivity contribution in [3.8, 4) is 0 Å². The van der Waals surface area contributed by atoms with Crippen molar-refractivity contribution in [3.05, 3.63) is 56.2 Å². The van der Waals surface area contributed by atoms with Crippen LogP contribution in [-0.2, 0) is 4.79 Å². The molecule has 1 aliphatic heterocycles. The van der Waals surface area contributed by atoms with E-state index in [4.69, 9.17) is 23.2 Å². The number of nitrogens with zero attached hydrogens (tertiary/aromatic N) is 1. The number of aliphatic carboxylic acids is 1. The molecular formula is C17H17Cl2NO2S. The van der Waals surface area contributed by atoms with Gasteiger partial charge in [-0.05, 0) is 55.1 Å². The zero-order chi connectivity index (χ0) is 16.4. The van der Waals surface area contributed by atoms with Crippen LogP contribution in [0, 0.1) is 5.92 Å². The lowest BCUT2D eigenvalue weighted by Crippen LogP contribution is -2.39. The van der Waals surface area contributed by atoms with Crippen LogP contribution in [0.15, 0.2) is 35.7 Å². The molecule has 1 atom stereocenters. The molecule has 1 aromatic heterocycles.